The molecule has 0 bridgehead atoms. The Balaban J connectivity index is 1.98. The van der Waals surface area contributed by atoms with Gasteiger partial charge in [-0.05, 0) is 43.4 Å². The normalized spacial score (nSPS) is 28.9. The number of hydrogen-bond acceptors (Lipinski definition) is 6. The summed E-state index contributed by atoms with van der Waals surface area (Å²) in [6.45, 7) is 4.61. The summed E-state index contributed by atoms with van der Waals surface area (Å²) >= 11 is 8.05. The fourth-order valence-electron chi connectivity index (χ4n) is 2.81. The molecule has 0 saturated carbocycles. The molecule has 1 aliphatic rings. The Bertz CT molecular complexity index is 800. The molecule has 10 heteroatoms. The number of halogens is 3. The van der Waals surface area contributed by atoms with Crippen LogP contribution in [0.25, 0.3) is 11.0 Å². The lowest BCUT2D eigenvalue weighted by Crippen LogP contribution is -2.61. The van der Waals surface area contributed by atoms with Crippen molar-refractivity contribution in [1.82, 2.24) is 14.5 Å². The van der Waals surface area contributed by atoms with Crippen molar-refractivity contribution in [1.29, 1.82) is 0 Å². The van der Waals surface area contributed by atoms with Gasteiger partial charge in [-0.1, -0.05) is 11.6 Å². The monoisotopic (exact) mass is 485 g/mol. The predicted octanol–water partition coefficient (Wildman–Crippen LogP) is 2.42. The molecule has 7 nitrogen and oxygen atoms in total. The molecule has 25 heavy (non-hydrogen) atoms. The third-order valence-electron chi connectivity index (χ3n) is 4.11. The van der Waals surface area contributed by atoms with E-state index >= 15 is 4.39 Å². The summed E-state index contributed by atoms with van der Waals surface area (Å²) in [4.78, 5) is 7.95. The smallest absolute Gasteiger partial charge is 0.206 e. The van der Waals surface area contributed by atoms with Crippen molar-refractivity contribution in [3.05, 3.63) is 21.2 Å². The quantitative estimate of drug-likeness (QED) is 0.513. The first kappa shape index (κ1) is 19.2. The highest BCUT2D eigenvalue weighted by molar-refractivity contribution is 14.1. The summed E-state index contributed by atoms with van der Waals surface area (Å²) in [7, 11) is 0. The zero-order chi connectivity index (χ0) is 18.6. The molecule has 0 aliphatic carbocycles. The van der Waals surface area contributed by atoms with Gasteiger partial charge in [-0.2, -0.15) is 0 Å². The van der Waals surface area contributed by atoms with E-state index < -0.39 is 29.9 Å². The van der Waals surface area contributed by atoms with Crippen LogP contribution in [0.4, 0.5) is 4.39 Å². The average molecular weight is 486 g/mol. The van der Waals surface area contributed by atoms with Gasteiger partial charge < -0.3 is 19.7 Å². The second-order valence-electron chi connectivity index (χ2n) is 6.69. The lowest BCUT2D eigenvalue weighted by molar-refractivity contribution is -0.349. The van der Waals surface area contributed by atoms with Gasteiger partial charge in [-0.25, -0.2) is 14.4 Å². The van der Waals surface area contributed by atoms with E-state index in [9.17, 15) is 10.2 Å². The van der Waals surface area contributed by atoms with Gasteiger partial charge in [0, 0.05) is 9.77 Å². The second kappa shape index (κ2) is 6.54. The van der Waals surface area contributed by atoms with E-state index in [1.807, 2.05) is 22.6 Å². The average Bonchev–Trinajstić information content (AvgIpc) is 2.87. The number of fused-ring (bicyclic) bond motifs is 1. The van der Waals surface area contributed by atoms with Gasteiger partial charge in [0.1, 0.15) is 34.9 Å². The first-order valence-corrected chi connectivity index (χ1v) is 9.02. The third-order valence-corrected chi connectivity index (χ3v) is 5.21. The third kappa shape index (κ3) is 3.50. The molecule has 3 rings (SSSR count). The Labute approximate surface area is 162 Å². The summed E-state index contributed by atoms with van der Waals surface area (Å²) in [6.07, 6.45) is -2.06. The van der Waals surface area contributed by atoms with Gasteiger partial charge in [0.2, 0.25) is 6.30 Å². The number of rotatable bonds is 3. The minimum atomic E-state index is -1.91. The van der Waals surface area contributed by atoms with Crippen LogP contribution in [0, 0.1) is 3.57 Å². The molecule has 1 aliphatic heterocycles. The van der Waals surface area contributed by atoms with Crippen LogP contribution in [0.5, 0.6) is 0 Å². The molecular weight excluding hydrogens is 468 g/mol. The summed E-state index contributed by atoms with van der Waals surface area (Å²) < 4.78 is 28.0. The van der Waals surface area contributed by atoms with Crippen molar-refractivity contribution in [2.45, 2.75) is 50.7 Å². The van der Waals surface area contributed by atoms with Gasteiger partial charge in [-0.15, -0.1) is 0 Å². The largest absolute Gasteiger partial charge is 0.385 e. The van der Waals surface area contributed by atoms with Crippen molar-refractivity contribution < 1.29 is 24.1 Å². The Morgan fingerprint density at radius 1 is 1.44 bits per heavy atom. The molecule has 0 amide bonds. The summed E-state index contributed by atoms with van der Waals surface area (Å²) in [5, 5.41) is 21.7. The first-order chi connectivity index (χ1) is 11.5. The van der Waals surface area contributed by atoms with E-state index in [1.54, 1.807) is 13.8 Å². The molecular formula is C15H18ClFIN3O4. The standard InChI is InChI=1S/C15H18ClFIN3O4/c1-14(2)24-5-15(3,23)10(25-14)9(22)12(17)21-4-7(18)8-11(16)19-6-20-13(8)21/h4,6,9-10,12,22-23H,5H2,1-3H3/t9-,10?,12?,15-/m1/s1. The van der Waals surface area contributed by atoms with Crippen molar-refractivity contribution in [3.8, 4) is 0 Å². The number of aromatic nitrogens is 3. The van der Waals surface area contributed by atoms with Crippen molar-refractivity contribution in [2.75, 3.05) is 6.61 Å². The highest BCUT2D eigenvalue weighted by Gasteiger charge is 2.49. The molecule has 1 saturated heterocycles. The van der Waals surface area contributed by atoms with E-state index in [1.165, 1.54) is 19.4 Å². The van der Waals surface area contributed by atoms with Crippen LogP contribution in [0.2, 0.25) is 5.15 Å². The first-order valence-electron chi connectivity index (χ1n) is 7.56. The van der Waals surface area contributed by atoms with E-state index in [4.69, 9.17) is 21.1 Å². The number of alkyl halides is 1. The molecule has 0 spiro atoms. The fourth-order valence-corrected chi connectivity index (χ4v) is 3.99. The van der Waals surface area contributed by atoms with E-state index in [0.29, 0.717) is 8.96 Å². The van der Waals surface area contributed by atoms with Crippen molar-refractivity contribution in [2.24, 2.45) is 0 Å². The van der Waals surface area contributed by atoms with Gasteiger partial charge in [0.25, 0.3) is 0 Å². The highest BCUT2D eigenvalue weighted by Crippen LogP contribution is 2.36. The van der Waals surface area contributed by atoms with Crippen LogP contribution in [0.1, 0.15) is 27.1 Å². The van der Waals surface area contributed by atoms with Crippen LogP contribution in [0.15, 0.2) is 12.5 Å². The Morgan fingerprint density at radius 3 is 2.80 bits per heavy atom. The number of hydrogen-bond donors (Lipinski definition) is 2. The molecule has 4 atom stereocenters. The maximum Gasteiger partial charge on any atom is 0.206 e. The van der Waals surface area contributed by atoms with Crippen LogP contribution < -0.4 is 0 Å². The topological polar surface area (TPSA) is 89.6 Å². The summed E-state index contributed by atoms with van der Waals surface area (Å²) in [5.74, 6) is -1.05. The Hall–Kier alpha value is -0.590. The molecule has 2 unspecified atom stereocenters. The molecule has 0 aromatic carbocycles. The minimum Gasteiger partial charge on any atom is -0.385 e. The number of aliphatic hydroxyl groups excluding tert-OH is 1. The zero-order valence-electron chi connectivity index (χ0n) is 13.8. The van der Waals surface area contributed by atoms with E-state index in [0.717, 1.165) is 4.57 Å². The molecule has 138 valence electrons. The molecule has 2 aromatic heterocycles. The van der Waals surface area contributed by atoms with Gasteiger partial charge in [0.05, 0.1) is 12.0 Å². The Kier molecular flexibility index (Phi) is 5.01. The van der Waals surface area contributed by atoms with E-state index in [2.05, 4.69) is 9.97 Å². The number of nitrogens with zero attached hydrogens (tertiary/aromatic N) is 3. The molecule has 3 heterocycles. The molecule has 0 radical (unpaired) electrons. The summed E-state index contributed by atoms with van der Waals surface area (Å²) in [5.41, 5.74) is -1.30. The highest BCUT2D eigenvalue weighted by atomic mass is 127. The predicted molar refractivity (Wildman–Crippen MR) is 96.9 cm³/mol. The number of ether oxygens (including phenoxy) is 2. The van der Waals surface area contributed by atoms with E-state index in [-0.39, 0.29) is 17.4 Å². The summed E-state index contributed by atoms with van der Waals surface area (Å²) in [6, 6.07) is 0. The van der Waals surface area contributed by atoms with Gasteiger partial charge in [-0.3, -0.25) is 4.57 Å². The maximum atomic E-state index is 15.2. The lowest BCUT2D eigenvalue weighted by Gasteiger charge is -2.46. The maximum absolute atomic E-state index is 15.2. The van der Waals surface area contributed by atoms with Crippen LogP contribution in [-0.2, 0) is 9.47 Å². The molecule has 2 aromatic rings. The SMILES string of the molecule is CC1(C)OC[C@@](C)(O)C([C@@H](O)C(F)n2cc(I)c3c(Cl)ncnc32)O1. The Morgan fingerprint density at radius 2 is 2.12 bits per heavy atom. The van der Waals surface area contributed by atoms with Crippen LogP contribution in [0.3, 0.4) is 0 Å². The fraction of sp³-hybridized carbons (Fsp3) is 0.600. The van der Waals surface area contributed by atoms with Gasteiger partial charge >= 0.3 is 0 Å². The van der Waals surface area contributed by atoms with Crippen molar-refractivity contribution >= 4 is 45.2 Å². The zero-order valence-corrected chi connectivity index (χ0v) is 16.7. The number of aliphatic hydroxyl groups is 2. The minimum absolute atomic E-state index is 0.0909. The molecule has 2 N–H and O–H groups in total. The molecule has 1 fully saturated rings. The lowest BCUT2D eigenvalue weighted by atomic mass is 9.93. The van der Waals surface area contributed by atoms with Crippen LogP contribution in [-0.4, -0.2) is 55.0 Å². The van der Waals surface area contributed by atoms with Crippen LogP contribution >= 0.6 is 34.2 Å². The second-order valence-corrected chi connectivity index (χ2v) is 8.21. The van der Waals surface area contributed by atoms with Crippen molar-refractivity contribution in [3.63, 3.8) is 0 Å². The van der Waals surface area contributed by atoms with Gasteiger partial charge in [0.15, 0.2) is 5.79 Å².